The Morgan fingerprint density at radius 2 is 1.73 bits per heavy atom. The van der Waals surface area contributed by atoms with Gasteiger partial charge in [-0.2, -0.15) is 18.2 Å². The molecule has 0 radical (unpaired) electrons. The van der Waals surface area contributed by atoms with Crippen molar-refractivity contribution in [1.82, 2.24) is 25.6 Å². The second-order valence-corrected chi connectivity index (χ2v) is 14.3. The van der Waals surface area contributed by atoms with Gasteiger partial charge in [0.1, 0.15) is 5.82 Å². The molecule has 0 bridgehead atoms. The monoisotopic (exact) mass is 665 g/mol. The van der Waals surface area contributed by atoms with Crippen molar-refractivity contribution >= 4 is 63.6 Å². The van der Waals surface area contributed by atoms with Gasteiger partial charge in [0.25, 0.3) is 5.91 Å². The van der Waals surface area contributed by atoms with Crippen molar-refractivity contribution in [2.75, 3.05) is 23.3 Å². The Kier molecular flexibility index (Phi) is 8.34. The number of piperidine rings is 1. The van der Waals surface area contributed by atoms with E-state index in [0.717, 1.165) is 13.1 Å². The van der Waals surface area contributed by atoms with Gasteiger partial charge >= 0.3 is 6.18 Å². The number of benzene rings is 1. The molecule has 2 atom stereocenters. The van der Waals surface area contributed by atoms with E-state index in [1.54, 1.807) is 18.2 Å². The molecule has 3 aliphatic rings. The number of carbonyl (C=O) groups is 2. The molecule has 2 aromatic heterocycles. The van der Waals surface area contributed by atoms with Gasteiger partial charge in [0.05, 0.1) is 32.7 Å². The summed E-state index contributed by atoms with van der Waals surface area (Å²) in [7, 11) is 0. The minimum absolute atomic E-state index is 0.00106. The number of rotatable bonds is 7. The van der Waals surface area contributed by atoms with Crippen LogP contribution >= 0.6 is 23.2 Å². The van der Waals surface area contributed by atoms with Crippen LogP contribution in [0.5, 0.6) is 0 Å². The van der Waals surface area contributed by atoms with Gasteiger partial charge < -0.3 is 25.8 Å². The molecule has 2 aliphatic carbocycles. The molecule has 14 heteroatoms. The summed E-state index contributed by atoms with van der Waals surface area (Å²) in [4.78, 5) is 40.6. The fourth-order valence-corrected chi connectivity index (χ4v) is 6.74. The number of alkyl halides is 3. The van der Waals surface area contributed by atoms with E-state index < -0.39 is 17.5 Å². The number of amides is 2. The summed E-state index contributed by atoms with van der Waals surface area (Å²) >= 11 is 13.2. The summed E-state index contributed by atoms with van der Waals surface area (Å²) in [6.45, 7) is 7.26. The second-order valence-electron chi connectivity index (χ2n) is 13.5. The molecule has 1 saturated heterocycles. The van der Waals surface area contributed by atoms with Gasteiger partial charge in [0.2, 0.25) is 11.9 Å². The van der Waals surface area contributed by atoms with Crippen LogP contribution in [0.15, 0.2) is 18.2 Å². The molecule has 242 valence electrons. The number of H-pyrrole nitrogens is 1. The number of aromatic nitrogens is 3. The lowest BCUT2D eigenvalue weighted by atomic mass is 9.85. The lowest BCUT2D eigenvalue weighted by molar-refractivity contribution is -0.182. The normalized spacial score (nSPS) is 23.2. The number of halogens is 5. The lowest BCUT2D eigenvalue weighted by Crippen LogP contribution is -2.40. The molecule has 9 nitrogen and oxygen atoms in total. The SMILES string of the molecule is CC(C)(C)C(=O)NCc1ccc(Cl)c(Nc2nc3nc(N4CC5CC5C4)c(C(=O)NC4CCC(C(F)(F)F)CC4)cc3[nH]2)c1Cl. The van der Waals surface area contributed by atoms with E-state index in [1.165, 1.54) is 6.42 Å². The van der Waals surface area contributed by atoms with Crippen molar-refractivity contribution in [2.45, 2.75) is 71.6 Å². The first-order valence-corrected chi connectivity index (χ1v) is 16.0. The highest BCUT2D eigenvalue weighted by Gasteiger charge is 2.46. The van der Waals surface area contributed by atoms with E-state index in [1.807, 2.05) is 20.8 Å². The predicted molar refractivity (Wildman–Crippen MR) is 168 cm³/mol. The molecule has 2 amide bonds. The van der Waals surface area contributed by atoms with E-state index in [4.69, 9.17) is 28.2 Å². The molecule has 3 fully saturated rings. The van der Waals surface area contributed by atoms with Crippen molar-refractivity contribution in [3.05, 3.63) is 39.4 Å². The molecule has 1 aliphatic heterocycles. The van der Waals surface area contributed by atoms with Gasteiger partial charge in [-0.15, -0.1) is 0 Å². The number of anilines is 3. The van der Waals surface area contributed by atoms with E-state index in [9.17, 15) is 22.8 Å². The minimum atomic E-state index is -4.21. The van der Waals surface area contributed by atoms with Crippen molar-refractivity contribution in [2.24, 2.45) is 23.2 Å². The Balaban J connectivity index is 1.24. The van der Waals surface area contributed by atoms with Crippen LogP contribution in [0.1, 0.15) is 68.8 Å². The predicted octanol–water partition coefficient (Wildman–Crippen LogP) is 6.98. The Bertz CT molecular complexity index is 1620. The van der Waals surface area contributed by atoms with Crippen molar-refractivity contribution in [3.63, 3.8) is 0 Å². The molecule has 45 heavy (non-hydrogen) atoms. The molecule has 1 aromatic carbocycles. The van der Waals surface area contributed by atoms with Gasteiger partial charge in [-0.1, -0.05) is 50.0 Å². The Labute approximate surface area is 269 Å². The third-order valence-electron chi connectivity index (χ3n) is 9.04. The van der Waals surface area contributed by atoms with Gasteiger partial charge in [-0.3, -0.25) is 9.59 Å². The molecular formula is C31H36Cl2F3N7O2. The standard InChI is InChI=1S/C31H36Cl2F3N7O2/c1-30(2,3)28(45)37-12-15-4-9-21(32)24(23(15)33)40-29-39-22-11-20(26(41-25(22)42-29)43-13-16-10-17(16)14-43)27(44)38-19-7-5-18(6-8-19)31(34,35)36/h4,9,11,16-19H,5-8,10,12-14H2,1-3H3,(H,37,45)(H,38,44)(H2,39,40,41,42). The topological polar surface area (TPSA) is 115 Å². The van der Waals surface area contributed by atoms with Crippen LogP contribution in [-0.2, 0) is 11.3 Å². The van der Waals surface area contributed by atoms with E-state index in [2.05, 4.69) is 30.8 Å². The highest BCUT2D eigenvalue weighted by atomic mass is 35.5. The summed E-state index contributed by atoms with van der Waals surface area (Å²) in [5.74, 6) is 0.171. The Morgan fingerprint density at radius 3 is 2.38 bits per heavy atom. The van der Waals surface area contributed by atoms with Crippen LogP contribution < -0.4 is 20.9 Å². The van der Waals surface area contributed by atoms with E-state index in [-0.39, 0.29) is 50.1 Å². The molecular weight excluding hydrogens is 630 g/mol. The summed E-state index contributed by atoms with van der Waals surface area (Å²) in [5.41, 5.74) is 1.73. The largest absolute Gasteiger partial charge is 0.391 e. The zero-order chi connectivity index (χ0) is 32.3. The smallest absolute Gasteiger partial charge is 0.355 e. The van der Waals surface area contributed by atoms with Crippen molar-refractivity contribution < 1.29 is 22.8 Å². The number of hydrogen-bond acceptors (Lipinski definition) is 6. The van der Waals surface area contributed by atoms with Crippen LogP contribution in [0, 0.1) is 23.2 Å². The average molecular weight is 667 g/mol. The quantitative estimate of drug-likeness (QED) is 0.217. The first-order valence-electron chi connectivity index (χ1n) is 15.2. The van der Waals surface area contributed by atoms with Crippen molar-refractivity contribution in [3.8, 4) is 0 Å². The molecule has 3 aromatic rings. The molecule has 6 rings (SSSR count). The van der Waals surface area contributed by atoms with Gasteiger partial charge in [-0.25, -0.2) is 4.98 Å². The fraction of sp³-hybridized carbons (Fsp3) is 0.548. The summed E-state index contributed by atoms with van der Waals surface area (Å²) < 4.78 is 39.5. The Morgan fingerprint density at radius 1 is 1.04 bits per heavy atom. The zero-order valence-corrected chi connectivity index (χ0v) is 26.8. The van der Waals surface area contributed by atoms with Gasteiger partial charge in [-0.05, 0) is 61.6 Å². The molecule has 0 spiro atoms. The summed E-state index contributed by atoms with van der Waals surface area (Å²) in [5, 5.41) is 9.65. The maximum atomic E-state index is 13.6. The minimum Gasteiger partial charge on any atom is -0.355 e. The maximum Gasteiger partial charge on any atom is 0.391 e. The molecule has 2 saturated carbocycles. The number of pyridine rings is 1. The van der Waals surface area contributed by atoms with E-state index >= 15 is 0 Å². The maximum absolute atomic E-state index is 13.6. The second kappa shape index (κ2) is 11.8. The number of aromatic amines is 1. The molecule has 3 heterocycles. The van der Waals surface area contributed by atoms with Crippen LogP contribution in [0.3, 0.4) is 0 Å². The number of carbonyl (C=O) groups excluding carboxylic acids is 2. The lowest BCUT2D eigenvalue weighted by Gasteiger charge is -2.30. The van der Waals surface area contributed by atoms with Crippen molar-refractivity contribution in [1.29, 1.82) is 0 Å². The van der Waals surface area contributed by atoms with Gasteiger partial charge in [0, 0.05) is 31.1 Å². The van der Waals surface area contributed by atoms with Crippen LogP contribution in [-0.4, -0.2) is 52.1 Å². The summed E-state index contributed by atoms with van der Waals surface area (Å²) in [6, 6.07) is 4.77. The third kappa shape index (κ3) is 6.82. The van der Waals surface area contributed by atoms with Crippen LogP contribution in [0.2, 0.25) is 10.0 Å². The average Bonchev–Trinajstić information content (AvgIpc) is 3.38. The number of fused-ring (bicyclic) bond motifs is 2. The first-order chi connectivity index (χ1) is 21.2. The zero-order valence-electron chi connectivity index (χ0n) is 25.2. The number of nitrogens with zero attached hydrogens (tertiary/aromatic N) is 3. The molecule has 2 unspecified atom stereocenters. The van der Waals surface area contributed by atoms with E-state index in [0.29, 0.717) is 61.6 Å². The number of hydrogen-bond donors (Lipinski definition) is 4. The molecule has 4 N–H and O–H groups in total. The summed E-state index contributed by atoms with van der Waals surface area (Å²) in [6.07, 6.45) is -2.50. The Hall–Kier alpha value is -3.25. The van der Waals surface area contributed by atoms with Crippen LogP contribution in [0.4, 0.5) is 30.6 Å². The van der Waals surface area contributed by atoms with Gasteiger partial charge in [0.15, 0.2) is 5.65 Å². The number of imidazole rings is 1. The highest BCUT2D eigenvalue weighted by molar-refractivity contribution is 6.39. The number of nitrogens with one attached hydrogen (secondary N) is 4. The third-order valence-corrected chi connectivity index (χ3v) is 9.78. The first kappa shape index (κ1) is 31.7. The van der Waals surface area contributed by atoms with Crippen LogP contribution in [0.25, 0.3) is 11.2 Å². The fourth-order valence-electron chi connectivity index (χ4n) is 6.21. The highest BCUT2D eigenvalue weighted by Crippen LogP contribution is 2.47.